The van der Waals surface area contributed by atoms with Crippen molar-refractivity contribution in [2.24, 2.45) is 0 Å². The van der Waals surface area contributed by atoms with E-state index in [1.54, 1.807) is 39.0 Å². The number of sulfonamides is 1. The lowest BCUT2D eigenvalue weighted by molar-refractivity contribution is 0.0507. The molecule has 3 rings (SSSR count). The number of carbonyl (C=O) groups excluding carboxylic acids is 1. The summed E-state index contributed by atoms with van der Waals surface area (Å²) in [5.74, 6) is 0.353. The third-order valence-electron chi connectivity index (χ3n) is 4.47. The first kappa shape index (κ1) is 21.8. The summed E-state index contributed by atoms with van der Waals surface area (Å²) in [5, 5.41) is 3.87. The lowest BCUT2D eigenvalue weighted by Crippen LogP contribution is -2.41. The first-order valence-electron chi connectivity index (χ1n) is 9.14. The van der Waals surface area contributed by atoms with Gasteiger partial charge in [-0.1, -0.05) is 6.07 Å². The van der Waals surface area contributed by atoms with E-state index in [9.17, 15) is 13.2 Å². The van der Waals surface area contributed by atoms with Crippen molar-refractivity contribution in [1.82, 2.24) is 14.6 Å². The molecule has 0 spiro atoms. The van der Waals surface area contributed by atoms with Crippen LogP contribution in [0.15, 0.2) is 33.8 Å². The number of methoxy groups -OCH3 is 1. The summed E-state index contributed by atoms with van der Waals surface area (Å²) in [7, 11) is -2.30. The molecule has 2 heterocycles. The van der Waals surface area contributed by atoms with Crippen molar-refractivity contribution in [3.8, 4) is 5.88 Å². The van der Waals surface area contributed by atoms with E-state index in [4.69, 9.17) is 9.47 Å². The van der Waals surface area contributed by atoms with Crippen molar-refractivity contribution >= 4 is 42.8 Å². The lowest BCUT2D eigenvalue weighted by Gasteiger charge is -2.22. The SMILES string of the molecule is COc1ncc(Br)c2c(S(=O)(=O)N3CCC(NC(=O)OC(C)(C)C)C3)cccc12. The Morgan fingerprint density at radius 1 is 1.34 bits per heavy atom. The Kier molecular flexibility index (Phi) is 6.07. The average molecular weight is 486 g/mol. The predicted octanol–water partition coefficient (Wildman–Crippen LogP) is 3.29. The molecule has 1 aromatic carbocycles. The molecule has 1 N–H and O–H groups in total. The number of aromatic nitrogens is 1. The molecular weight excluding hydrogens is 462 g/mol. The van der Waals surface area contributed by atoms with E-state index in [1.807, 2.05) is 0 Å². The van der Waals surface area contributed by atoms with Crippen LogP contribution in [0.3, 0.4) is 0 Å². The number of ether oxygens (including phenoxy) is 2. The van der Waals surface area contributed by atoms with E-state index in [-0.39, 0.29) is 17.5 Å². The molecule has 1 unspecified atom stereocenters. The molecule has 1 saturated heterocycles. The van der Waals surface area contributed by atoms with Gasteiger partial charge in [0.25, 0.3) is 0 Å². The minimum atomic E-state index is -3.79. The van der Waals surface area contributed by atoms with E-state index < -0.39 is 21.7 Å². The topological polar surface area (TPSA) is 97.8 Å². The van der Waals surface area contributed by atoms with Gasteiger partial charge in [0.15, 0.2) is 0 Å². The molecule has 1 aromatic heterocycles. The smallest absolute Gasteiger partial charge is 0.407 e. The van der Waals surface area contributed by atoms with Crippen LogP contribution in [0.1, 0.15) is 27.2 Å². The molecule has 158 valence electrons. The highest BCUT2D eigenvalue weighted by Crippen LogP contribution is 2.36. The quantitative estimate of drug-likeness (QED) is 0.713. The molecular formula is C19H24BrN3O5S. The first-order valence-corrected chi connectivity index (χ1v) is 11.4. The summed E-state index contributed by atoms with van der Waals surface area (Å²) in [5.41, 5.74) is -0.614. The van der Waals surface area contributed by atoms with Gasteiger partial charge in [-0.2, -0.15) is 4.31 Å². The standard InChI is InChI=1S/C19H24BrN3O5S/c1-19(2,3)28-18(24)22-12-8-9-23(11-12)29(25,26)15-7-5-6-13-16(15)14(20)10-21-17(13)27-4/h5-7,10,12H,8-9,11H2,1-4H3,(H,22,24). The molecule has 8 nitrogen and oxygen atoms in total. The van der Waals surface area contributed by atoms with Crippen LogP contribution in [-0.4, -0.2) is 55.6 Å². The van der Waals surface area contributed by atoms with E-state index in [2.05, 4.69) is 26.2 Å². The van der Waals surface area contributed by atoms with Gasteiger partial charge in [0, 0.05) is 40.6 Å². The zero-order chi connectivity index (χ0) is 21.4. The van der Waals surface area contributed by atoms with Gasteiger partial charge in [0.2, 0.25) is 15.9 Å². The minimum absolute atomic E-state index is 0.167. The van der Waals surface area contributed by atoms with Crippen molar-refractivity contribution in [3.05, 3.63) is 28.9 Å². The van der Waals surface area contributed by atoms with Gasteiger partial charge in [0.05, 0.1) is 12.0 Å². The summed E-state index contributed by atoms with van der Waals surface area (Å²) < 4.78 is 39.2. The number of carbonyl (C=O) groups is 1. The van der Waals surface area contributed by atoms with Gasteiger partial charge in [-0.15, -0.1) is 0 Å². The molecule has 1 atom stereocenters. The van der Waals surface area contributed by atoms with Crippen LogP contribution in [0.25, 0.3) is 10.8 Å². The number of amides is 1. The van der Waals surface area contributed by atoms with Crippen molar-refractivity contribution < 1.29 is 22.7 Å². The number of benzene rings is 1. The molecule has 1 aliphatic rings. The van der Waals surface area contributed by atoms with Crippen LogP contribution in [0, 0.1) is 0 Å². The van der Waals surface area contributed by atoms with Gasteiger partial charge in [0.1, 0.15) is 5.60 Å². The first-order chi connectivity index (χ1) is 13.5. The van der Waals surface area contributed by atoms with Crippen molar-refractivity contribution in [1.29, 1.82) is 0 Å². The van der Waals surface area contributed by atoms with Crippen LogP contribution in [-0.2, 0) is 14.8 Å². The van der Waals surface area contributed by atoms with E-state index in [1.165, 1.54) is 17.6 Å². The fourth-order valence-electron chi connectivity index (χ4n) is 3.26. The van der Waals surface area contributed by atoms with Crippen LogP contribution >= 0.6 is 15.9 Å². The van der Waals surface area contributed by atoms with Gasteiger partial charge < -0.3 is 14.8 Å². The Bertz CT molecular complexity index is 1040. The van der Waals surface area contributed by atoms with Crippen molar-refractivity contribution in [2.45, 2.75) is 43.7 Å². The minimum Gasteiger partial charge on any atom is -0.481 e. The number of pyridine rings is 1. The molecule has 10 heteroatoms. The van der Waals surface area contributed by atoms with Gasteiger partial charge in [-0.25, -0.2) is 18.2 Å². The van der Waals surface area contributed by atoms with Crippen LogP contribution in [0.2, 0.25) is 0 Å². The maximum Gasteiger partial charge on any atom is 0.407 e. The fraction of sp³-hybridized carbons (Fsp3) is 0.474. The highest BCUT2D eigenvalue weighted by Gasteiger charge is 2.35. The molecule has 1 aliphatic heterocycles. The lowest BCUT2D eigenvalue weighted by atomic mass is 10.2. The third-order valence-corrected chi connectivity index (χ3v) is 6.98. The molecule has 0 radical (unpaired) electrons. The highest BCUT2D eigenvalue weighted by atomic mass is 79.9. The normalized spacial score (nSPS) is 18.0. The number of hydrogen-bond donors (Lipinski definition) is 1. The zero-order valence-electron chi connectivity index (χ0n) is 16.7. The third kappa shape index (κ3) is 4.65. The largest absolute Gasteiger partial charge is 0.481 e. The molecule has 29 heavy (non-hydrogen) atoms. The van der Waals surface area contributed by atoms with E-state index in [0.29, 0.717) is 34.1 Å². The molecule has 0 aliphatic carbocycles. The highest BCUT2D eigenvalue weighted by molar-refractivity contribution is 9.10. The van der Waals surface area contributed by atoms with Crippen molar-refractivity contribution in [3.63, 3.8) is 0 Å². The number of nitrogens with one attached hydrogen (secondary N) is 1. The molecule has 2 aromatic rings. The second-order valence-corrected chi connectivity index (χ2v) is 10.5. The average Bonchev–Trinajstić information content (AvgIpc) is 3.09. The van der Waals surface area contributed by atoms with Crippen LogP contribution in [0.5, 0.6) is 5.88 Å². The van der Waals surface area contributed by atoms with E-state index >= 15 is 0 Å². The number of alkyl carbamates (subject to hydrolysis) is 1. The zero-order valence-corrected chi connectivity index (χ0v) is 19.1. The van der Waals surface area contributed by atoms with Gasteiger partial charge in [-0.05, 0) is 55.3 Å². The van der Waals surface area contributed by atoms with Crippen molar-refractivity contribution in [2.75, 3.05) is 20.2 Å². The second kappa shape index (κ2) is 8.08. The summed E-state index contributed by atoms with van der Waals surface area (Å²) in [6, 6.07) is 4.69. The summed E-state index contributed by atoms with van der Waals surface area (Å²) in [6.45, 7) is 5.81. The molecule has 1 amide bonds. The maximum absolute atomic E-state index is 13.4. The Balaban J connectivity index is 1.87. The number of rotatable bonds is 4. The Morgan fingerprint density at radius 3 is 2.72 bits per heavy atom. The number of hydrogen-bond acceptors (Lipinski definition) is 6. The van der Waals surface area contributed by atoms with Crippen LogP contribution in [0.4, 0.5) is 4.79 Å². The molecule has 0 bridgehead atoms. The fourth-order valence-corrected chi connectivity index (χ4v) is 5.65. The predicted molar refractivity (Wildman–Crippen MR) is 113 cm³/mol. The number of halogens is 1. The molecule has 0 saturated carbocycles. The van der Waals surface area contributed by atoms with Gasteiger partial charge >= 0.3 is 6.09 Å². The summed E-state index contributed by atoms with van der Waals surface area (Å²) >= 11 is 3.41. The maximum atomic E-state index is 13.4. The number of nitrogens with zero attached hydrogens (tertiary/aromatic N) is 2. The Hall–Kier alpha value is -1.91. The monoisotopic (exact) mass is 485 g/mol. The molecule has 1 fully saturated rings. The van der Waals surface area contributed by atoms with E-state index in [0.717, 1.165) is 0 Å². The Morgan fingerprint density at radius 2 is 2.07 bits per heavy atom. The second-order valence-electron chi connectivity index (χ2n) is 7.79. The summed E-state index contributed by atoms with van der Waals surface area (Å²) in [4.78, 5) is 16.4. The summed E-state index contributed by atoms with van der Waals surface area (Å²) in [6.07, 6.45) is 1.48. The van der Waals surface area contributed by atoms with Gasteiger partial charge in [-0.3, -0.25) is 0 Å². The Labute approximate surface area is 178 Å². The number of fused-ring (bicyclic) bond motifs is 1. The van der Waals surface area contributed by atoms with Crippen LogP contribution < -0.4 is 10.1 Å².